The standard InChI is InChI=1S/C23H17N3O6/c1-13-9-14(2)11-15(10-13)25-22(28)18(21(27)24-23(25)29)12-16-7-8-20(32-16)17-5-3-4-6-19(17)26(30)31/h3-12H,1-2H3,(H,24,27,29). The summed E-state index contributed by atoms with van der Waals surface area (Å²) in [5, 5.41) is 13.4. The number of nitrogens with zero attached hydrogens (tertiary/aromatic N) is 2. The van der Waals surface area contributed by atoms with Gasteiger partial charge >= 0.3 is 6.03 Å². The summed E-state index contributed by atoms with van der Waals surface area (Å²) in [4.78, 5) is 49.4. The van der Waals surface area contributed by atoms with Gasteiger partial charge in [0.25, 0.3) is 17.5 Å². The lowest BCUT2D eigenvalue weighted by atomic mass is 10.1. The fourth-order valence-corrected chi connectivity index (χ4v) is 3.53. The number of nitrogens with one attached hydrogen (secondary N) is 1. The van der Waals surface area contributed by atoms with Crippen LogP contribution < -0.4 is 10.2 Å². The molecule has 1 N–H and O–H groups in total. The predicted octanol–water partition coefficient (Wildman–Crippen LogP) is 4.14. The molecule has 0 atom stereocenters. The van der Waals surface area contributed by atoms with Crippen LogP contribution in [0.2, 0.25) is 0 Å². The molecule has 0 bridgehead atoms. The van der Waals surface area contributed by atoms with Crippen LogP contribution in [0.4, 0.5) is 16.2 Å². The van der Waals surface area contributed by atoms with Crippen LogP contribution in [0.5, 0.6) is 0 Å². The Morgan fingerprint density at radius 2 is 1.69 bits per heavy atom. The number of carbonyl (C=O) groups excluding carboxylic acids is 3. The highest BCUT2D eigenvalue weighted by atomic mass is 16.6. The van der Waals surface area contributed by atoms with E-state index in [1.807, 2.05) is 19.9 Å². The van der Waals surface area contributed by atoms with Gasteiger partial charge in [0.1, 0.15) is 17.1 Å². The molecule has 1 aromatic heterocycles. The van der Waals surface area contributed by atoms with Crippen LogP contribution in [0.1, 0.15) is 16.9 Å². The van der Waals surface area contributed by atoms with Crippen LogP contribution in [-0.4, -0.2) is 22.8 Å². The number of anilines is 1. The molecule has 160 valence electrons. The number of hydrogen-bond donors (Lipinski definition) is 1. The molecule has 4 amide bonds. The average Bonchev–Trinajstić information content (AvgIpc) is 3.19. The van der Waals surface area contributed by atoms with Gasteiger partial charge in [-0.05, 0) is 61.4 Å². The number of benzene rings is 2. The smallest absolute Gasteiger partial charge is 0.335 e. The van der Waals surface area contributed by atoms with Crippen molar-refractivity contribution in [3.05, 3.63) is 87.2 Å². The number of aryl methyl sites for hydroxylation is 2. The quantitative estimate of drug-likeness (QED) is 0.287. The summed E-state index contributed by atoms with van der Waals surface area (Å²) < 4.78 is 5.65. The number of urea groups is 1. The Morgan fingerprint density at radius 3 is 2.38 bits per heavy atom. The zero-order chi connectivity index (χ0) is 23.0. The zero-order valence-electron chi connectivity index (χ0n) is 17.1. The first-order chi connectivity index (χ1) is 15.2. The molecule has 2 heterocycles. The molecule has 0 aliphatic carbocycles. The number of furan rings is 1. The Kier molecular flexibility index (Phi) is 5.15. The van der Waals surface area contributed by atoms with Gasteiger partial charge in [-0.3, -0.25) is 25.0 Å². The summed E-state index contributed by atoms with van der Waals surface area (Å²) in [6, 6.07) is 13.4. The second-order valence-electron chi connectivity index (χ2n) is 7.28. The second-order valence-corrected chi connectivity index (χ2v) is 7.28. The van der Waals surface area contributed by atoms with E-state index in [-0.39, 0.29) is 28.3 Å². The fourth-order valence-electron chi connectivity index (χ4n) is 3.53. The summed E-state index contributed by atoms with van der Waals surface area (Å²) in [6.45, 7) is 3.66. The number of nitro groups is 1. The third kappa shape index (κ3) is 3.79. The number of hydrogen-bond acceptors (Lipinski definition) is 6. The van der Waals surface area contributed by atoms with Gasteiger partial charge in [0.15, 0.2) is 0 Å². The van der Waals surface area contributed by atoms with Crippen molar-refractivity contribution in [1.82, 2.24) is 5.32 Å². The molecule has 0 unspecified atom stereocenters. The van der Waals surface area contributed by atoms with E-state index in [9.17, 15) is 24.5 Å². The zero-order valence-corrected chi connectivity index (χ0v) is 17.1. The van der Waals surface area contributed by atoms with Gasteiger partial charge in [-0.2, -0.15) is 0 Å². The van der Waals surface area contributed by atoms with Gasteiger partial charge in [-0.25, -0.2) is 9.69 Å². The Bertz CT molecular complexity index is 1300. The normalized spacial score (nSPS) is 15.2. The minimum atomic E-state index is -0.857. The SMILES string of the molecule is Cc1cc(C)cc(N2C(=O)NC(=O)C(=Cc3ccc(-c4ccccc4[N+](=O)[O-])o3)C2=O)c1. The maximum atomic E-state index is 13.0. The lowest BCUT2D eigenvalue weighted by Crippen LogP contribution is -2.54. The number of rotatable bonds is 4. The third-order valence-corrected chi connectivity index (χ3v) is 4.85. The van der Waals surface area contributed by atoms with Crippen LogP contribution >= 0.6 is 0 Å². The molecule has 3 aromatic rings. The largest absolute Gasteiger partial charge is 0.456 e. The van der Waals surface area contributed by atoms with Gasteiger partial charge in [0.2, 0.25) is 0 Å². The van der Waals surface area contributed by atoms with Crippen LogP contribution in [0.25, 0.3) is 17.4 Å². The van der Waals surface area contributed by atoms with E-state index in [0.29, 0.717) is 5.69 Å². The molecule has 4 rings (SSSR count). The lowest BCUT2D eigenvalue weighted by Gasteiger charge is -2.26. The highest BCUT2D eigenvalue weighted by Crippen LogP contribution is 2.32. The number of barbiturate groups is 1. The van der Waals surface area contributed by atoms with Gasteiger partial charge in [0, 0.05) is 6.07 Å². The Morgan fingerprint density at radius 1 is 1.00 bits per heavy atom. The number of nitro benzene ring substituents is 1. The Labute approximate surface area is 182 Å². The van der Waals surface area contributed by atoms with Crippen molar-refractivity contribution < 1.29 is 23.7 Å². The van der Waals surface area contributed by atoms with Gasteiger partial charge in [-0.1, -0.05) is 18.2 Å². The maximum absolute atomic E-state index is 13.0. The van der Waals surface area contributed by atoms with Gasteiger partial charge in [-0.15, -0.1) is 0 Å². The number of imide groups is 2. The molecule has 2 aromatic carbocycles. The first kappa shape index (κ1) is 20.7. The molecule has 1 fully saturated rings. The van der Waals surface area contributed by atoms with E-state index in [1.54, 1.807) is 18.2 Å². The molecule has 9 heteroatoms. The van der Waals surface area contributed by atoms with Crippen molar-refractivity contribution >= 4 is 35.3 Å². The molecule has 0 spiro atoms. The first-order valence-corrected chi connectivity index (χ1v) is 9.58. The summed E-state index contributed by atoms with van der Waals surface area (Å²) in [6.07, 6.45) is 1.21. The van der Waals surface area contributed by atoms with Crippen LogP contribution in [0, 0.1) is 24.0 Å². The van der Waals surface area contributed by atoms with E-state index in [2.05, 4.69) is 5.32 Å². The van der Waals surface area contributed by atoms with Crippen molar-refractivity contribution in [2.24, 2.45) is 0 Å². The second kappa shape index (κ2) is 7.95. The molecule has 1 saturated heterocycles. The molecular weight excluding hydrogens is 414 g/mol. The van der Waals surface area contributed by atoms with E-state index >= 15 is 0 Å². The van der Waals surface area contributed by atoms with E-state index in [1.165, 1.54) is 36.4 Å². The number of amides is 4. The number of para-hydroxylation sites is 1. The molecule has 0 saturated carbocycles. The molecular formula is C23H17N3O6. The Hall–Kier alpha value is -4.53. The van der Waals surface area contributed by atoms with Gasteiger partial charge < -0.3 is 4.42 Å². The summed E-state index contributed by atoms with van der Waals surface area (Å²) in [5.41, 5.74) is 1.86. The predicted molar refractivity (Wildman–Crippen MR) is 116 cm³/mol. The fraction of sp³-hybridized carbons (Fsp3) is 0.0870. The van der Waals surface area contributed by atoms with Crippen molar-refractivity contribution in [3.63, 3.8) is 0 Å². The molecule has 1 aliphatic heterocycles. The van der Waals surface area contributed by atoms with Crippen LogP contribution in [0.15, 0.2) is 64.6 Å². The molecule has 32 heavy (non-hydrogen) atoms. The first-order valence-electron chi connectivity index (χ1n) is 9.58. The van der Waals surface area contributed by atoms with E-state index < -0.39 is 22.8 Å². The van der Waals surface area contributed by atoms with Crippen LogP contribution in [-0.2, 0) is 9.59 Å². The van der Waals surface area contributed by atoms with Crippen LogP contribution in [0.3, 0.4) is 0 Å². The summed E-state index contributed by atoms with van der Waals surface area (Å²) in [5.74, 6) is -1.32. The van der Waals surface area contributed by atoms with Crippen molar-refractivity contribution in [1.29, 1.82) is 0 Å². The monoisotopic (exact) mass is 431 g/mol. The third-order valence-electron chi connectivity index (χ3n) is 4.85. The summed E-state index contributed by atoms with van der Waals surface area (Å²) >= 11 is 0. The number of carbonyl (C=O) groups is 3. The van der Waals surface area contributed by atoms with E-state index in [4.69, 9.17) is 4.42 Å². The Balaban J connectivity index is 1.71. The topological polar surface area (TPSA) is 123 Å². The molecule has 9 nitrogen and oxygen atoms in total. The minimum absolute atomic E-state index is 0.131. The van der Waals surface area contributed by atoms with Crippen molar-refractivity contribution in [3.8, 4) is 11.3 Å². The van der Waals surface area contributed by atoms with E-state index in [0.717, 1.165) is 16.0 Å². The van der Waals surface area contributed by atoms with Crippen molar-refractivity contribution in [2.45, 2.75) is 13.8 Å². The highest BCUT2D eigenvalue weighted by Gasteiger charge is 2.37. The molecule has 1 aliphatic rings. The summed E-state index contributed by atoms with van der Waals surface area (Å²) in [7, 11) is 0. The lowest BCUT2D eigenvalue weighted by molar-refractivity contribution is -0.384. The maximum Gasteiger partial charge on any atom is 0.335 e. The molecule has 0 radical (unpaired) electrons. The van der Waals surface area contributed by atoms with Crippen molar-refractivity contribution in [2.75, 3.05) is 4.90 Å². The average molecular weight is 431 g/mol. The van der Waals surface area contributed by atoms with Gasteiger partial charge in [0.05, 0.1) is 16.2 Å². The minimum Gasteiger partial charge on any atom is -0.456 e. The highest BCUT2D eigenvalue weighted by molar-refractivity contribution is 6.39.